The molecule has 0 fully saturated rings. The molecule has 0 aliphatic heterocycles. The quantitative estimate of drug-likeness (QED) is 0.329. The fraction of sp³-hybridized carbons (Fsp3) is 0.538. The number of hydrogen-bond donors (Lipinski definition) is 0. The molecule has 2 aromatic carbocycles. The molecule has 0 spiro atoms. The van der Waals surface area contributed by atoms with Gasteiger partial charge in [0.15, 0.2) is 0 Å². The summed E-state index contributed by atoms with van der Waals surface area (Å²) in [7, 11) is -2.16. The minimum absolute atomic E-state index is 0.324. The van der Waals surface area contributed by atoms with Crippen LogP contribution in [0, 0.1) is 0 Å². The number of rotatable bonds is 12. The molecule has 0 aromatic heterocycles. The predicted molar refractivity (Wildman–Crippen MR) is 126 cm³/mol. The van der Waals surface area contributed by atoms with Gasteiger partial charge in [0, 0.05) is 4.57 Å². The van der Waals surface area contributed by atoms with Crippen molar-refractivity contribution in [1.29, 1.82) is 0 Å². The van der Waals surface area contributed by atoms with E-state index in [0.717, 1.165) is 49.7 Å². The first-order valence-corrected chi connectivity index (χ1v) is 12.6. The highest BCUT2D eigenvalue weighted by atomic mass is 31.1. The Hall–Kier alpha value is -1.54. The van der Waals surface area contributed by atoms with E-state index in [2.05, 4.69) is 65.8 Å². The molecule has 0 saturated heterocycles. The summed E-state index contributed by atoms with van der Waals surface area (Å²) in [6, 6.07) is 8.60. The second kappa shape index (κ2) is 12.3. The van der Waals surface area contributed by atoms with Crippen LogP contribution in [0.25, 0.3) is 0 Å². The first-order valence-electron chi connectivity index (χ1n) is 11.5. The molecule has 30 heavy (non-hydrogen) atoms. The smallest absolute Gasteiger partial charge is 0.114 e. The maximum absolute atomic E-state index is 12.4. The molecule has 0 N–H and O–H groups in total. The standard InChI is InChI=1S/C26H38O3P/c1-7-19-13-15-21(25(11-5)23(19)9-3)17-28-30(27)29-18-22-16-14-20(8-2)24(10-4)26(22)12-6/h13-16H,7-12,17-18H2,1-6H3/q+1. The lowest BCUT2D eigenvalue weighted by atomic mass is 9.92. The van der Waals surface area contributed by atoms with Crippen molar-refractivity contribution in [2.75, 3.05) is 0 Å². The molecular formula is C26H38O3P+. The first-order chi connectivity index (χ1) is 14.5. The highest BCUT2D eigenvalue weighted by molar-refractivity contribution is 7.33. The Bertz CT molecular complexity index is 788. The molecule has 0 amide bonds. The molecule has 2 aromatic rings. The molecule has 3 nitrogen and oxygen atoms in total. The Balaban J connectivity index is 2.06. The van der Waals surface area contributed by atoms with E-state index in [1.807, 2.05) is 0 Å². The van der Waals surface area contributed by atoms with Crippen molar-refractivity contribution in [3.63, 3.8) is 0 Å². The second-order valence-corrected chi connectivity index (χ2v) is 8.54. The maximum Gasteiger partial charge on any atom is 0.698 e. The molecule has 0 unspecified atom stereocenters. The van der Waals surface area contributed by atoms with Gasteiger partial charge in [0.05, 0.1) is 0 Å². The summed E-state index contributed by atoms with van der Waals surface area (Å²) in [5.74, 6) is 0. The Labute approximate surface area is 184 Å². The van der Waals surface area contributed by atoms with Gasteiger partial charge in [0.25, 0.3) is 0 Å². The van der Waals surface area contributed by atoms with Crippen LogP contribution in [0.3, 0.4) is 0 Å². The fourth-order valence-electron chi connectivity index (χ4n) is 4.56. The number of hydrogen-bond acceptors (Lipinski definition) is 3. The fourth-order valence-corrected chi connectivity index (χ4v) is 5.12. The lowest BCUT2D eigenvalue weighted by Gasteiger charge is -2.15. The van der Waals surface area contributed by atoms with Gasteiger partial charge in [-0.2, -0.15) is 0 Å². The lowest BCUT2D eigenvalue weighted by molar-refractivity contribution is 0.212. The zero-order valence-electron chi connectivity index (χ0n) is 19.6. The van der Waals surface area contributed by atoms with Crippen LogP contribution < -0.4 is 0 Å². The molecular weight excluding hydrogens is 391 g/mol. The van der Waals surface area contributed by atoms with Crippen molar-refractivity contribution < 1.29 is 13.6 Å². The Kier molecular flexibility index (Phi) is 10.2. The van der Waals surface area contributed by atoms with Crippen LogP contribution in [-0.2, 0) is 65.4 Å². The largest absolute Gasteiger partial charge is 0.698 e. The normalized spacial score (nSPS) is 11.1. The van der Waals surface area contributed by atoms with Crippen molar-refractivity contribution in [3.8, 4) is 0 Å². The zero-order chi connectivity index (χ0) is 22.1. The molecule has 0 bridgehead atoms. The van der Waals surface area contributed by atoms with E-state index in [9.17, 15) is 4.57 Å². The van der Waals surface area contributed by atoms with Crippen LogP contribution in [0.4, 0.5) is 0 Å². The van der Waals surface area contributed by atoms with Crippen molar-refractivity contribution in [3.05, 3.63) is 68.8 Å². The molecule has 0 heterocycles. The average molecular weight is 430 g/mol. The third kappa shape index (κ3) is 5.78. The SMILES string of the molecule is CCc1ccc(CO[P+](=O)OCc2ccc(CC)c(CC)c2CC)c(CC)c1CC. The second-order valence-electron chi connectivity index (χ2n) is 7.57. The van der Waals surface area contributed by atoms with E-state index in [4.69, 9.17) is 9.05 Å². The molecule has 164 valence electrons. The molecule has 2 rings (SSSR count). The Morgan fingerprint density at radius 3 is 1.13 bits per heavy atom. The van der Waals surface area contributed by atoms with Crippen molar-refractivity contribution in [2.24, 2.45) is 0 Å². The van der Waals surface area contributed by atoms with Crippen molar-refractivity contribution in [1.82, 2.24) is 0 Å². The number of aryl methyl sites for hydroxylation is 2. The van der Waals surface area contributed by atoms with Gasteiger partial charge in [-0.05, 0) is 83.0 Å². The Morgan fingerprint density at radius 2 is 0.833 bits per heavy atom. The third-order valence-corrected chi connectivity index (χ3v) is 6.76. The van der Waals surface area contributed by atoms with Crippen LogP contribution in [0.5, 0.6) is 0 Å². The summed E-state index contributed by atoms with van der Waals surface area (Å²) >= 11 is 0. The van der Waals surface area contributed by atoms with Gasteiger partial charge in [0.2, 0.25) is 0 Å². The molecule has 0 aliphatic carbocycles. The number of benzene rings is 2. The monoisotopic (exact) mass is 429 g/mol. The van der Waals surface area contributed by atoms with Gasteiger partial charge < -0.3 is 0 Å². The topological polar surface area (TPSA) is 35.5 Å². The van der Waals surface area contributed by atoms with E-state index in [1.165, 1.54) is 33.4 Å². The van der Waals surface area contributed by atoms with E-state index in [0.29, 0.717) is 13.2 Å². The molecule has 0 radical (unpaired) electrons. The molecule has 4 heteroatoms. The average Bonchev–Trinajstić information content (AvgIpc) is 2.79. The van der Waals surface area contributed by atoms with Gasteiger partial charge in [-0.1, -0.05) is 65.8 Å². The molecule has 0 saturated carbocycles. The predicted octanol–water partition coefficient (Wildman–Crippen LogP) is 7.45. The van der Waals surface area contributed by atoms with Gasteiger partial charge in [-0.15, -0.1) is 9.05 Å². The van der Waals surface area contributed by atoms with Gasteiger partial charge in [0.1, 0.15) is 13.2 Å². The van der Waals surface area contributed by atoms with E-state index >= 15 is 0 Å². The summed E-state index contributed by atoms with van der Waals surface area (Å²) in [4.78, 5) is 0. The zero-order valence-corrected chi connectivity index (χ0v) is 20.5. The Morgan fingerprint density at radius 1 is 0.533 bits per heavy atom. The summed E-state index contributed by atoms with van der Waals surface area (Å²) in [5, 5.41) is 0. The van der Waals surface area contributed by atoms with Crippen LogP contribution in [0.1, 0.15) is 86.1 Å². The van der Waals surface area contributed by atoms with Crippen LogP contribution >= 0.6 is 8.25 Å². The van der Waals surface area contributed by atoms with Gasteiger partial charge in [-0.25, -0.2) is 0 Å². The maximum atomic E-state index is 12.4. The van der Waals surface area contributed by atoms with Gasteiger partial charge in [-0.3, -0.25) is 0 Å². The minimum atomic E-state index is -2.16. The summed E-state index contributed by atoms with van der Waals surface area (Å²) in [6.45, 7) is 13.8. The van der Waals surface area contributed by atoms with Crippen molar-refractivity contribution >= 4 is 8.25 Å². The highest BCUT2D eigenvalue weighted by Gasteiger charge is 2.23. The van der Waals surface area contributed by atoms with E-state index in [-0.39, 0.29) is 0 Å². The highest BCUT2D eigenvalue weighted by Crippen LogP contribution is 2.31. The van der Waals surface area contributed by atoms with Crippen molar-refractivity contribution in [2.45, 2.75) is 93.3 Å². The first kappa shape index (κ1) is 24.7. The minimum Gasteiger partial charge on any atom is -0.114 e. The molecule has 0 atom stereocenters. The van der Waals surface area contributed by atoms with Crippen LogP contribution in [0.2, 0.25) is 0 Å². The van der Waals surface area contributed by atoms with Crippen LogP contribution in [-0.4, -0.2) is 0 Å². The molecule has 0 aliphatic rings. The lowest BCUT2D eigenvalue weighted by Crippen LogP contribution is -2.04. The summed E-state index contributed by atoms with van der Waals surface area (Å²) in [6.07, 6.45) is 6.00. The van der Waals surface area contributed by atoms with E-state index < -0.39 is 8.25 Å². The van der Waals surface area contributed by atoms with Gasteiger partial charge >= 0.3 is 8.25 Å². The van der Waals surface area contributed by atoms with Crippen LogP contribution in [0.15, 0.2) is 24.3 Å². The third-order valence-electron chi connectivity index (χ3n) is 6.08. The summed E-state index contributed by atoms with van der Waals surface area (Å²) < 4.78 is 23.7. The summed E-state index contributed by atoms with van der Waals surface area (Å²) in [5.41, 5.74) is 10.5. The van der Waals surface area contributed by atoms with E-state index in [1.54, 1.807) is 0 Å².